The second-order valence-electron chi connectivity index (χ2n) is 5.74. The molecule has 3 rings (SSSR count). The normalized spacial score (nSPS) is 21.8. The maximum atomic E-state index is 9.31. The highest BCUT2D eigenvalue weighted by molar-refractivity contribution is 5.99. The van der Waals surface area contributed by atoms with Gasteiger partial charge in [-0.05, 0) is 25.3 Å². The van der Waals surface area contributed by atoms with Gasteiger partial charge in [0.2, 0.25) is 0 Å². The van der Waals surface area contributed by atoms with Crippen molar-refractivity contribution >= 4 is 22.4 Å². The number of allylic oxidation sites excluding steroid dienone is 5. The molecule has 2 unspecified atom stereocenters. The predicted molar refractivity (Wildman–Crippen MR) is 95.2 cm³/mol. The Morgan fingerprint density at radius 1 is 1.50 bits per heavy atom. The molecule has 3 N–H and O–H groups in total. The molecule has 0 amide bonds. The van der Waals surface area contributed by atoms with E-state index in [9.17, 15) is 5.11 Å². The van der Waals surface area contributed by atoms with Crippen LogP contribution in [0.3, 0.4) is 0 Å². The molecule has 0 bridgehead atoms. The first-order valence-electron chi connectivity index (χ1n) is 8.02. The van der Waals surface area contributed by atoms with E-state index in [1.165, 1.54) is 6.33 Å². The lowest BCUT2D eigenvalue weighted by atomic mass is 10.1. The summed E-state index contributed by atoms with van der Waals surface area (Å²) in [5.41, 5.74) is 8.79. The van der Waals surface area contributed by atoms with Gasteiger partial charge in [-0.25, -0.2) is 9.97 Å². The first-order chi connectivity index (χ1) is 11.7. The number of hydrogen-bond acceptors (Lipinski definition) is 5. The van der Waals surface area contributed by atoms with Gasteiger partial charge in [-0.1, -0.05) is 30.9 Å². The summed E-state index contributed by atoms with van der Waals surface area (Å²) in [6.07, 6.45) is 12.4. The van der Waals surface area contributed by atoms with Gasteiger partial charge < -0.3 is 20.1 Å². The number of rotatable bonds is 5. The molecule has 1 aliphatic heterocycles. The molecule has 2 aromatic rings. The third kappa shape index (κ3) is 2.86. The molecule has 0 radical (unpaired) electrons. The molecule has 0 aliphatic carbocycles. The number of aliphatic hydroxyl groups excluding tert-OH is 1. The molecule has 2 aromatic heterocycles. The van der Waals surface area contributed by atoms with E-state index >= 15 is 0 Å². The highest BCUT2D eigenvalue weighted by atomic mass is 16.5. The van der Waals surface area contributed by atoms with Crippen LogP contribution in [0, 0.1) is 0 Å². The number of aromatic nitrogens is 3. The van der Waals surface area contributed by atoms with Crippen LogP contribution < -0.4 is 5.73 Å². The van der Waals surface area contributed by atoms with Gasteiger partial charge in [-0.2, -0.15) is 0 Å². The molecular formula is C18H22N4O2. The molecule has 0 saturated carbocycles. The van der Waals surface area contributed by atoms with Crippen LogP contribution in [-0.2, 0) is 4.74 Å². The fourth-order valence-electron chi connectivity index (χ4n) is 3.11. The van der Waals surface area contributed by atoms with Crippen molar-refractivity contribution in [2.24, 2.45) is 0 Å². The smallest absolute Gasteiger partial charge is 0.148 e. The van der Waals surface area contributed by atoms with Gasteiger partial charge >= 0.3 is 0 Å². The number of nitrogen functional groups attached to an aromatic ring is 1. The second kappa shape index (κ2) is 6.98. The van der Waals surface area contributed by atoms with Gasteiger partial charge in [-0.15, -0.1) is 0 Å². The standard InChI is InChI=1S/C18H22N4O2/c1-3-5-12(6-4-2)14-9-22(15-8-7-13(10-23)24-15)18-16(14)17(19)20-11-21-18/h3-6,9,11,13,15,23H,1,7-8,10H2,2H3,(H2,19,20,21)/b6-4-,12-5+. The fraction of sp³-hybridized carbons (Fsp3) is 0.333. The Hall–Kier alpha value is -2.44. The quantitative estimate of drug-likeness (QED) is 0.825. The fourth-order valence-corrected chi connectivity index (χ4v) is 3.11. The van der Waals surface area contributed by atoms with E-state index in [4.69, 9.17) is 10.5 Å². The Labute approximate surface area is 141 Å². The zero-order valence-electron chi connectivity index (χ0n) is 13.7. The lowest BCUT2D eigenvalue weighted by Crippen LogP contribution is -2.14. The van der Waals surface area contributed by atoms with Crippen LogP contribution in [0.2, 0.25) is 0 Å². The maximum absolute atomic E-state index is 9.31. The van der Waals surface area contributed by atoms with Gasteiger partial charge in [-0.3, -0.25) is 0 Å². The molecule has 3 heterocycles. The van der Waals surface area contributed by atoms with E-state index in [1.54, 1.807) is 6.08 Å². The van der Waals surface area contributed by atoms with Gasteiger partial charge in [0.05, 0.1) is 18.1 Å². The summed E-state index contributed by atoms with van der Waals surface area (Å²) < 4.78 is 7.90. The Kier molecular flexibility index (Phi) is 4.78. The minimum atomic E-state index is -0.164. The number of aliphatic hydroxyl groups is 1. The summed E-state index contributed by atoms with van der Waals surface area (Å²) >= 11 is 0. The average Bonchev–Trinajstić information content (AvgIpc) is 3.19. The monoisotopic (exact) mass is 326 g/mol. The van der Waals surface area contributed by atoms with Crippen LogP contribution in [0.4, 0.5) is 5.82 Å². The van der Waals surface area contributed by atoms with Crippen molar-refractivity contribution < 1.29 is 9.84 Å². The van der Waals surface area contributed by atoms with E-state index < -0.39 is 0 Å². The molecule has 6 heteroatoms. The molecule has 2 atom stereocenters. The Morgan fingerprint density at radius 3 is 3.00 bits per heavy atom. The predicted octanol–water partition coefficient (Wildman–Crippen LogP) is 2.83. The summed E-state index contributed by atoms with van der Waals surface area (Å²) in [7, 11) is 0. The van der Waals surface area contributed by atoms with Gasteiger partial charge in [0.1, 0.15) is 24.0 Å². The van der Waals surface area contributed by atoms with Crippen LogP contribution in [0.5, 0.6) is 0 Å². The Morgan fingerprint density at radius 2 is 2.33 bits per heavy atom. The van der Waals surface area contributed by atoms with Crippen LogP contribution in [0.1, 0.15) is 31.6 Å². The third-order valence-electron chi connectivity index (χ3n) is 4.19. The summed E-state index contributed by atoms with van der Waals surface area (Å²) in [5, 5.41) is 10.1. The van der Waals surface area contributed by atoms with E-state index in [-0.39, 0.29) is 18.9 Å². The Balaban J connectivity index is 2.17. The highest BCUT2D eigenvalue weighted by Crippen LogP contribution is 2.36. The minimum Gasteiger partial charge on any atom is -0.394 e. The third-order valence-corrected chi connectivity index (χ3v) is 4.19. The summed E-state index contributed by atoms with van der Waals surface area (Å²) in [6, 6.07) is 0. The van der Waals surface area contributed by atoms with Crippen molar-refractivity contribution in [2.45, 2.75) is 32.1 Å². The number of anilines is 1. The second-order valence-corrected chi connectivity index (χ2v) is 5.74. The van der Waals surface area contributed by atoms with Crippen LogP contribution in [0.15, 0.2) is 43.4 Å². The van der Waals surface area contributed by atoms with Crippen molar-refractivity contribution in [1.82, 2.24) is 14.5 Å². The van der Waals surface area contributed by atoms with Crippen molar-refractivity contribution in [3.05, 3.63) is 49.0 Å². The van der Waals surface area contributed by atoms with E-state index in [2.05, 4.69) is 16.5 Å². The molecule has 1 saturated heterocycles. The lowest BCUT2D eigenvalue weighted by molar-refractivity contribution is -0.0204. The SMILES string of the molecule is C=C/C=C(\C=C/C)c1cn(C2CCC(CO)O2)c2ncnc(N)c12. The van der Waals surface area contributed by atoms with Gasteiger partial charge in [0, 0.05) is 11.8 Å². The molecule has 126 valence electrons. The van der Waals surface area contributed by atoms with Crippen molar-refractivity contribution in [3.8, 4) is 0 Å². The van der Waals surface area contributed by atoms with Crippen molar-refractivity contribution in [1.29, 1.82) is 0 Å². The van der Waals surface area contributed by atoms with E-state index in [0.29, 0.717) is 5.82 Å². The number of nitrogens with zero attached hydrogens (tertiary/aromatic N) is 3. The zero-order chi connectivity index (χ0) is 17.1. The topological polar surface area (TPSA) is 86.2 Å². The largest absolute Gasteiger partial charge is 0.394 e. The molecule has 0 spiro atoms. The molecular weight excluding hydrogens is 304 g/mol. The minimum absolute atomic E-state index is 0.0276. The number of ether oxygens (including phenoxy) is 1. The highest BCUT2D eigenvalue weighted by Gasteiger charge is 2.28. The molecule has 6 nitrogen and oxygen atoms in total. The molecule has 1 fully saturated rings. The first kappa shape index (κ1) is 16.4. The summed E-state index contributed by atoms with van der Waals surface area (Å²) in [5.74, 6) is 0.435. The van der Waals surface area contributed by atoms with E-state index in [1.807, 2.05) is 35.9 Å². The first-order valence-corrected chi connectivity index (χ1v) is 8.02. The van der Waals surface area contributed by atoms with Crippen LogP contribution in [-0.4, -0.2) is 32.4 Å². The average molecular weight is 326 g/mol. The van der Waals surface area contributed by atoms with Gasteiger partial charge in [0.15, 0.2) is 0 Å². The van der Waals surface area contributed by atoms with Crippen molar-refractivity contribution in [3.63, 3.8) is 0 Å². The van der Waals surface area contributed by atoms with Gasteiger partial charge in [0.25, 0.3) is 0 Å². The number of hydrogen-bond donors (Lipinski definition) is 2. The van der Waals surface area contributed by atoms with Crippen LogP contribution in [0.25, 0.3) is 16.6 Å². The number of nitrogens with two attached hydrogens (primary N) is 1. The summed E-state index contributed by atoms with van der Waals surface area (Å²) in [6.45, 7) is 5.77. The maximum Gasteiger partial charge on any atom is 0.148 e. The molecule has 24 heavy (non-hydrogen) atoms. The number of fused-ring (bicyclic) bond motifs is 1. The van der Waals surface area contributed by atoms with Crippen LogP contribution >= 0.6 is 0 Å². The Bertz CT molecular complexity index is 807. The van der Waals surface area contributed by atoms with Crippen molar-refractivity contribution in [2.75, 3.05) is 12.3 Å². The zero-order valence-corrected chi connectivity index (χ0v) is 13.7. The van der Waals surface area contributed by atoms with E-state index in [0.717, 1.165) is 35.0 Å². The molecule has 0 aromatic carbocycles. The summed E-state index contributed by atoms with van der Waals surface area (Å²) in [4.78, 5) is 8.55. The lowest BCUT2D eigenvalue weighted by Gasteiger charge is -2.14. The molecule has 1 aliphatic rings.